The van der Waals surface area contributed by atoms with Crippen LogP contribution in [0, 0.1) is 13.8 Å². The third-order valence-electron chi connectivity index (χ3n) is 4.78. The third-order valence-corrected chi connectivity index (χ3v) is 5.80. The molecule has 7 nitrogen and oxygen atoms in total. The number of amides is 1. The number of aromatic nitrogens is 4. The second-order valence-corrected chi connectivity index (χ2v) is 7.99. The van der Waals surface area contributed by atoms with Gasteiger partial charge in [0, 0.05) is 26.2 Å². The molecule has 1 fully saturated rings. The lowest BCUT2D eigenvalue weighted by Gasteiger charge is -2.35. The quantitative estimate of drug-likeness (QED) is 0.745. The number of thioether (sulfide) groups is 1. The monoisotopic (exact) mass is 374 g/mol. The van der Waals surface area contributed by atoms with Crippen molar-refractivity contribution in [2.45, 2.75) is 38.1 Å². The van der Waals surface area contributed by atoms with Gasteiger partial charge in [0.15, 0.2) is 0 Å². The van der Waals surface area contributed by atoms with Crippen LogP contribution in [0.2, 0.25) is 0 Å². The van der Waals surface area contributed by atoms with Crippen LogP contribution in [0.5, 0.6) is 0 Å². The van der Waals surface area contributed by atoms with E-state index in [9.17, 15) is 4.79 Å². The van der Waals surface area contributed by atoms with Crippen molar-refractivity contribution in [3.63, 3.8) is 0 Å². The molecule has 1 aliphatic rings. The van der Waals surface area contributed by atoms with Crippen molar-refractivity contribution in [2.75, 3.05) is 32.7 Å². The molecule has 26 heavy (non-hydrogen) atoms. The normalized spacial score (nSPS) is 16.7. The van der Waals surface area contributed by atoms with Gasteiger partial charge in [0.2, 0.25) is 11.1 Å². The predicted molar refractivity (Wildman–Crippen MR) is 103 cm³/mol. The summed E-state index contributed by atoms with van der Waals surface area (Å²) in [5.41, 5.74) is 3.25. The molecule has 0 N–H and O–H groups in total. The molecule has 2 heterocycles. The number of likely N-dealkylation sites (N-methyl/N-ethyl adjacent to an activating group) is 1. The van der Waals surface area contributed by atoms with Crippen molar-refractivity contribution in [1.29, 1.82) is 0 Å². The average Bonchev–Trinajstić information content (AvgIpc) is 3.09. The fraction of sp³-hybridized carbons (Fsp3) is 0.556. The van der Waals surface area contributed by atoms with Crippen LogP contribution in [0.15, 0.2) is 23.4 Å². The Kier molecular flexibility index (Phi) is 5.93. The smallest absolute Gasteiger partial charge is 0.235 e. The van der Waals surface area contributed by atoms with Crippen molar-refractivity contribution in [1.82, 2.24) is 30.0 Å². The maximum absolute atomic E-state index is 12.8. The second-order valence-electron chi connectivity index (χ2n) is 6.68. The number of hydrogen-bond acceptors (Lipinski definition) is 6. The second kappa shape index (κ2) is 8.18. The maximum Gasteiger partial charge on any atom is 0.235 e. The molecule has 1 saturated heterocycles. The van der Waals surface area contributed by atoms with Gasteiger partial charge in [0.25, 0.3) is 0 Å². The van der Waals surface area contributed by atoms with E-state index in [1.165, 1.54) is 17.3 Å². The summed E-state index contributed by atoms with van der Waals surface area (Å²) in [4.78, 5) is 17.1. The SMILES string of the molecule is CCN1CCN(C(=O)C(C)Sc2nnnn2-c2ccc(C)cc2C)CC1. The Morgan fingerprint density at radius 2 is 1.96 bits per heavy atom. The zero-order valence-electron chi connectivity index (χ0n) is 15.8. The molecule has 3 rings (SSSR count). The van der Waals surface area contributed by atoms with Crippen molar-refractivity contribution in [2.24, 2.45) is 0 Å². The van der Waals surface area contributed by atoms with E-state index in [2.05, 4.69) is 40.3 Å². The molecule has 8 heteroatoms. The van der Waals surface area contributed by atoms with E-state index in [1.54, 1.807) is 4.68 Å². The van der Waals surface area contributed by atoms with E-state index in [0.717, 1.165) is 44.0 Å². The van der Waals surface area contributed by atoms with E-state index in [4.69, 9.17) is 0 Å². The highest BCUT2D eigenvalue weighted by Crippen LogP contribution is 2.26. The fourth-order valence-corrected chi connectivity index (χ4v) is 4.08. The number of hydrogen-bond donors (Lipinski definition) is 0. The Balaban J connectivity index is 1.70. The predicted octanol–water partition coefficient (Wildman–Crippen LogP) is 1.92. The lowest BCUT2D eigenvalue weighted by molar-refractivity contribution is -0.132. The Hall–Kier alpha value is -1.93. The standard InChI is InChI=1S/C18H26N6OS/c1-5-22-8-10-23(11-9-22)17(25)15(4)26-18-19-20-21-24(18)16-7-6-13(2)12-14(16)3/h6-7,12,15H,5,8-11H2,1-4H3. The summed E-state index contributed by atoms with van der Waals surface area (Å²) in [6.07, 6.45) is 0. The Morgan fingerprint density at radius 1 is 1.23 bits per heavy atom. The fourth-order valence-electron chi connectivity index (χ4n) is 3.20. The average molecular weight is 375 g/mol. The molecule has 2 aromatic rings. The molecular formula is C18H26N6OS. The highest BCUT2D eigenvalue weighted by molar-refractivity contribution is 8.00. The lowest BCUT2D eigenvalue weighted by Crippen LogP contribution is -2.50. The van der Waals surface area contributed by atoms with Gasteiger partial charge in [-0.15, -0.1) is 5.10 Å². The zero-order chi connectivity index (χ0) is 18.7. The highest BCUT2D eigenvalue weighted by atomic mass is 32.2. The van der Waals surface area contributed by atoms with E-state index in [0.29, 0.717) is 5.16 Å². The van der Waals surface area contributed by atoms with Crippen LogP contribution >= 0.6 is 11.8 Å². The van der Waals surface area contributed by atoms with E-state index < -0.39 is 0 Å². The number of tetrazole rings is 1. The summed E-state index contributed by atoms with van der Waals surface area (Å²) < 4.78 is 1.72. The van der Waals surface area contributed by atoms with Crippen molar-refractivity contribution in [3.05, 3.63) is 29.3 Å². The highest BCUT2D eigenvalue weighted by Gasteiger charge is 2.26. The first-order valence-electron chi connectivity index (χ1n) is 9.03. The van der Waals surface area contributed by atoms with Crippen LogP contribution in [-0.2, 0) is 4.79 Å². The number of benzene rings is 1. The third kappa shape index (κ3) is 4.07. The molecule has 1 aliphatic heterocycles. The summed E-state index contributed by atoms with van der Waals surface area (Å²) in [5, 5.41) is 12.5. The number of carbonyl (C=O) groups excluding carboxylic acids is 1. The minimum absolute atomic E-state index is 0.154. The molecule has 1 amide bonds. The Labute approximate surface area is 158 Å². The van der Waals surface area contributed by atoms with Crippen LogP contribution in [0.4, 0.5) is 0 Å². The molecule has 140 valence electrons. The summed E-state index contributed by atoms with van der Waals surface area (Å²) in [6.45, 7) is 12.7. The van der Waals surface area contributed by atoms with Crippen LogP contribution in [0.1, 0.15) is 25.0 Å². The van der Waals surface area contributed by atoms with Crippen LogP contribution in [0.3, 0.4) is 0 Å². The molecule has 0 bridgehead atoms. The molecule has 0 saturated carbocycles. The largest absolute Gasteiger partial charge is 0.339 e. The lowest BCUT2D eigenvalue weighted by atomic mass is 10.1. The van der Waals surface area contributed by atoms with Gasteiger partial charge in [-0.1, -0.05) is 36.4 Å². The molecule has 0 radical (unpaired) electrons. The summed E-state index contributed by atoms with van der Waals surface area (Å²) >= 11 is 1.41. The van der Waals surface area contributed by atoms with Crippen LogP contribution in [0.25, 0.3) is 5.69 Å². The minimum atomic E-state index is -0.223. The minimum Gasteiger partial charge on any atom is -0.339 e. The van der Waals surface area contributed by atoms with E-state index in [1.807, 2.05) is 30.9 Å². The summed E-state index contributed by atoms with van der Waals surface area (Å²) in [5.74, 6) is 0.154. The molecule has 1 atom stereocenters. The van der Waals surface area contributed by atoms with E-state index >= 15 is 0 Å². The molecule has 0 aliphatic carbocycles. The number of aryl methyl sites for hydroxylation is 2. The molecule has 1 aromatic carbocycles. The Bertz CT molecular complexity index is 769. The van der Waals surface area contributed by atoms with Crippen LogP contribution < -0.4 is 0 Å². The number of rotatable bonds is 5. The first-order valence-corrected chi connectivity index (χ1v) is 9.91. The molecule has 1 aromatic heterocycles. The topological polar surface area (TPSA) is 67.2 Å². The molecule has 0 spiro atoms. The van der Waals surface area contributed by atoms with Crippen molar-refractivity contribution >= 4 is 17.7 Å². The van der Waals surface area contributed by atoms with Gasteiger partial charge in [-0.25, -0.2) is 0 Å². The van der Waals surface area contributed by atoms with E-state index in [-0.39, 0.29) is 11.2 Å². The first kappa shape index (κ1) is 18.8. The van der Waals surface area contributed by atoms with Crippen molar-refractivity contribution in [3.8, 4) is 5.69 Å². The maximum atomic E-state index is 12.8. The first-order chi connectivity index (χ1) is 12.5. The van der Waals surface area contributed by atoms with Gasteiger partial charge in [0.05, 0.1) is 10.9 Å². The number of nitrogens with zero attached hydrogens (tertiary/aromatic N) is 6. The summed E-state index contributed by atoms with van der Waals surface area (Å²) in [6, 6.07) is 6.16. The number of piperazine rings is 1. The van der Waals surface area contributed by atoms with Gasteiger partial charge in [-0.3, -0.25) is 4.79 Å². The molecule has 1 unspecified atom stereocenters. The summed E-state index contributed by atoms with van der Waals surface area (Å²) in [7, 11) is 0. The molecular weight excluding hydrogens is 348 g/mol. The Morgan fingerprint density at radius 3 is 2.62 bits per heavy atom. The van der Waals surface area contributed by atoms with Crippen LogP contribution in [-0.4, -0.2) is 73.9 Å². The van der Waals surface area contributed by atoms with Gasteiger partial charge in [-0.05, 0) is 49.4 Å². The zero-order valence-corrected chi connectivity index (χ0v) is 16.7. The van der Waals surface area contributed by atoms with Gasteiger partial charge in [0.1, 0.15) is 0 Å². The van der Waals surface area contributed by atoms with Gasteiger partial charge >= 0.3 is 0 Å². The van der Waals surface area contributed by atoms with Gasteiger partial charge in [-0.2, -0.15) is 4.68 Å². The number of carbonyl (C=O) groups is 1. The van der Waals surface area contributed by atoms with Crippen molar-refractivity contribution < 1.29 is 4.79 Å². The van der Waals surface area contributed by atoms with Gasteiger partial charge < -0.3 is 9.80 Å².